The number of aromatic carboxylic acids is 1. The molecule has 0 spiro atoms. The van der Waals surface area contributed by atoms with E-state index >= 15 is 0 Å². The molecule has 16 heavy (non-hydrogen) atoms. The van der Waals surface area contributed by atoms with E-state index in [0.717, 1.165) is 10.4 Å². The molecule has 2 N–H and O–H groups in total. The molecule has 0 atom stereocenters. The maximum absolute atomic E-state index is 11.1. The molecule has 0 aromatic carbocycles. The molecule has 0 aliphatic heterocycles. The molecule has 0 fully saturated rings. The third kappa shape index (κ3) is 1.85. The van der Waals surface area contributed by atoms with Gasteiger partial charge in [0.2, 0.25) is 0 Å². The molecule has 6 heteroatoms. The van der Waals surface area contributed by atoms with Crippen molar-refractivity contribution >= 4 is 29.1 Å². The Balaban J connectivity index is 2.59. The molecule has 0 amide bonds. The largest absolute Gasteiger partial charge is 0.476 e. The van der Waals surface area contributed by atoms with Crippen molar-refractivity contribution < 1.29 is 9.90 Å². The highest BCUT2D eigenvalue weighted by molar-refractivity contribution is 7.98. The summed E-state index contributed by atoms with van der Waals surface area (Å²) >= 11 is 2.91. The minimum Gasteiger partial charge on any atom is -0.476 e. The lowest BCUT2D eigenvalue weighted by Gasteiger charge is -1.96. The zero-order valence-electron chi connectivity index (χ0n) is 8.77. The molecular weight excluding hydrogens is 244 g/mol. The summed E-state index contributed by atoms with van der Waals surface area (Å²) in [6.45, 7) is 1.96. The van der Waals surface area contributed by atoms with Crippen molar-refractivity contribution in [2.45, 2.75) is 12.1 Å². The third-order valence-electron chi connectivity index (χ3n) is 2.17. The van der Waals surface area contributed by atoms with E-state index in [1.807, 2.05) is 24.6 Å². The van der Waals surface area contributed by atoms with Crippen molar-refractivity contribution in [1.82, 2.24) is 9.97 Å². The minimum atomic E-state index is -1.00. The molecule has 0 aliphatic rings. The van der Waals surface area contributed by atoms with Gasteiger partial charge >= 0.3 is 5.97 Å². The number of nitrogens with zero attached hydrogens (tertiary/aromatic N) is 1. The second kappa shape index (κ2) is 4.31. The van der Waals surface area contributed by atoms with Gasteiger partial charge in [0.1, 0.15) is 0 Å². The van der Waals surface area contributed by atoms with E-state index in [2.05, 4.69) is 9.97 Å². The van der Waals surface area contributed by atoms with Gasteiger partial charge in [0.15, 0.2) is 10.9 Å². The number of hydrogen-bond donors (Lipinski definition) is 2. The van der Waals surface area contributed by atoms with Gasteiger partial charge < -0.3 is 10.1 Å². The quantitative estimate of drug-likeness (QED) is 0.827. The summed E-state index contributed by atoms with van der Waals surface area (Å²) in [7, 11) is 0. The number of thiophene rings is 1. The summed E-state index contributed by atoms with van der Waals surface area (Å²) in [5.41, 5.74) is 1.75. The molecule has 0 aliphatic carbocycles. The monoisotopic (exact) mass is 254 g/mol. The summed E-state index contributed by atoms with van der Waals surface area (Å²) < 4.78 is 0. The van der Waals surface area contributed by atoms with Crippen molar-refractivity contribution in [3.05, 3.63) is 22.7 Å². The second-order valence-corrected chi connectivity index (χ2v) is 4.92. The van der Waals surface area contributed by atoms with Crippen LogP contribution in [0.4, 0.5) is 0 Å². The number of carbonyl (C=O) groups is 1. The number of rotatable bonds is 3. The van der Waals surface area contributed by atoms with Crippen molar-refractivity contribution in [1.29, 1.82) is 0 Å². The molecule has 2 rings (SSSR count). The number of imidazole rings is 1. The SMILES string of the molecule is CSc1nc(C(=O)O)c(-c2sccc2C)[nH]1. The Labute approximate surface area is 101 Å². The molecule has 4 nitrogen and oxygen atoms in total. The van der Waals surface area contributed by atoms with E-state index in [9.17, 15) is 4.79 Å². The Morgan fingerprint density at radius 3 is 2.88 bits per heavy atom. The van der Waals surface area contributed by atoms with Gasteiger partial charge in [-0.15, -0.1) is 11.3 Å². The average molecular weight is 254 g/mol. The average Bonchev–Trinajstić information content (AvgIpc) is 2.82. The van der Waals surface area contributed by atoms with Crippen LogP contribution in [0.5, 0.6) is 0 Å². The molecular formula is C10H10N2O2S2. The van der Waals surface area contributed by atoms with Crippen LogP contribution in [0.25, 0.3) is 10.6 Å². The summed E-state index contributed by atoms with van der Waals surface area (Å²) in [5, 5.41) is 11.6. The number of carboxylic acids is 1. The fraction of sp³-hybridized carbons (Fsp3) is 0.200. The van der Waals surface area contributed by atoms with Crippen LogP contribution in [0.2, 0.25) is 0 Å². The molecule has 0 saturated carbocycles. The molecule has 2 heterocycles. The lowest BCUT2D eigenvalue weighted by molar-refractivity contribution is 0.0691. The molecule has 0 radical (unpaired) electrons. The van der Waals surface area contributed by atoms with E-state index in [-0.39, 0.29) is 5.69 Å². The van der Waals surface area contributed by atoms with E-state index in [0.29, 0.717) is 10.9 Å². The first-order chi connectivity index (χ1) is 7.63. The number of thioether (sulfide) groups is 1. The highest BCUT2D eigenvalue weighted by atomic mass is 32.2. The third-order valence-corrected chi connectivity index (χ3v) is 3.78. The summed E-state index contributed by atoms with van der Waals surface area (Å²) in [4.78, 5) is 19.1. The van der Waals surface area contributed by atoms with Crippen LogP contribution in [0.15, 0.2) is 16.6 Å². The van der Waals surface area contributed by atoms with Crippen LogP contribution < -0.4 is 0 Å². The maximum Gasteiger partial charge on any atom is 0.356 e. The number of aromatic nitrogens is 2. The van der Waals surface area contributed by atoms with Crippen LogP contribution >= 0.6 is 23.1 Å². The van der Waals surface area contributed by atoms with Gasteiger partial charge in [-0.1, -0.05) is 11.8 Å². The number of aryl methyl sites for hydroxylation is 1. The van der Waals surface area contributed by atoms with E-state index in [4.69, 9.17) is 5.11 Å². The first-order valence-corrected chi connectivity index (χ1v) is 6.65. The zero-order valence-corrected chi connectivity index (χ0v) is 10.4. The fourth-order valence-electron chi connectivity index (χ4n) is 1.40. The molecule has 0 unspecified atom stereocenters. The molecule has 2 aromatic heterocycles. The van der Waals surface area contributed by atoms with Gasteiger partial charge in [-0.05, 0) is 30.2 Å². The summed E-state index contributed by atoms with van der Waals surface area (Å²) in [6.07, 6.45) is 1.86. The highest BCUT2D eigenvalue weighted by Gasteiger charge is 2.19. The minimum absolute atomic E-state index is 0.0925. The first-order valence-electron chi connectivity index (χ1n) is 4.55. The van der Waals surface area contributed by atoms with E-state index < -0.39 is 5.97 Å². The van der Waals surface area contributed by atoms with Gasteiger partial charge in [-0.2, -0.15) is 0 Å². The van der Waals surface area contributed by atoms with Crippen LogP contribution in [-0.2, 0) is 0 Å². The maximum atomic E-state index is 11.1. The lowest BCUT2D eigenvalue weighted by atomic mass is 10.2. The van der Waals surface area contributed by atoms with Crippen molar-refractivity contribution in [2.75, 3.05) is 6.26 Å². The van der Waals surface area contributed by atoms with E-state index in [1.54, 1.807) is 0 Å². The normalized spacial score (nSPS) is 10.6. The molecule has 0 saturated heterocycles. The fourth-order valence-corrected chi connectivity index (χ4v) is 2.71. The highest BCUT2D eigenvalue weighted by Crippen LogP contribution is 2.31. The zero-order chi connectivity index (χ0) is 11.7. The Morgan fingerprint density at radius 1 is 1.62 bits per heavy atom. The number of H-pyrrole nitrogens is 1. The van der Waals surface area contributed by atoms with Crippen LogP contribution in [-0.4, -0.2) is 27.3 Å². The topological polar surface area (TPSA) is 66.0 Å². The van der Waals surface area contributed by atoms with E-state index in [1.165, 1.54) is 23.1 Å². The first kappa shape index (κ1) is 11.2. The van der Waals surface area contributed by atoms with Crippen LogP contribution in [0.1, 0.15) is 16.1 Å². The van der Waals surface area contributed by atoms with Gasteiger partial charge in [0.25, 0.3) is 0 Å². The summed E-state index contributed by atoms with van der Waals surface area (Å²) in [5.74, 6) is -1.00. The standard InChI is InChI=1S/C10H10N2O2S2/c1-5-3-4-16-8(5)6-7(9(13)14)12-10(11-6)15-2/h3-4H,1-2H3,(H,11,12)(H,13,14). The van der Waals surface area contributed by atoms with Gasteiger partial charge in [0.05, 0.1) is 10.6 Å². The smallest absolute Gasteiger partial charge is 0.356 e. The second-order valence-electron chi connectivity index (χ2n) is 3.21. The van der Waals surface area contributed by atoms with Crippen LogP contribution in [0, 0.1) is 6.92 Å². The number of carboxylic acid groups (broad SMARTS) is 1. The lowest BCUT2D eigenvalue weighted by Crippen LogP contribution is -1.98. The Morgan fingerprint density at radius 2 is 2.38 bits per heavy atom. The van der Waals surface area contributed by atoms with Crippen molar-refractivity contribution in [2.24, 2.45) is 0 Å². The van der Waals surface area contributed by atoms with Crippen molar-refractivity contribution in [3.63, 3.8) is 0 Å². The number of aromatic amines is 1. The Bertz CT molecular complexity index is 531. The van der Waals surface area contributed by atoms with Gasteiger partial charge in [0, 0.05) is 0 Å². The Hall–Kier alpha value is -1.27. The molecule has 84 valence electrons. The predicted octanol–water partition coefficient (Wildman–Crippen LogP) is 2.87. The Kier molecular flexibility index (Phi) is 3.02. The molecule has 0 bridgehead atoms. The van der Waals surface area contributed by atoms with Gasteiger partial charge in [-0.25, -0.2) is 9.78 Å². The summed E-state index contributed by atoms with van der Waals surface area (Å²) in [6, 6.07) is 1.96. The predicted molar refractivity (Wildman–Crippen MR) is 65.4 cm³/mol. The van der Waals surface area contributed by atoms with Crippen molar-refractivity contribution in [3.8, 4) is 10.6 Å². The number of nitrogens with one attached hydrogen (secondary N) is 1. The van der Waals surface area contributed by atoms with Gasteiger partial charge in [-0.3, -0.25) is 0 Å². The molecule has 2 aromatic rings. The van der Waals surface area contributed by atoms with Crippen LogP contribution in [0.3, 0.4) is 0 Å². The number of hydrogen-bond acceptors (Lipinski definition) is 4.